The summed E-state index contributed by atoms with van der Waals surface area (Å²) in [5, 5.41) is 0. The number of nitrogens with zero attached hydrogens (tertiary/aromatic N) is 1. The fraction of sp³-hybridized carbons (Fsp3) is 0.250. The van der Waals surface area contributed by atoms with E-state index in [9.17, 15) is 4.79 Å². The van der Waals surface area contributed by atoms with Gasteiger partial charge in [-0.2, -0.15) is 0 Å². The average molecular weight is 357 g/mol. The smallest absolute Gasteiger partial charge is 0.195 e. The Morgan fingerprint density at radius 3 is 2.33 bits per heavy atom. The van der Waals surface area contributed by atoms with Crippen LogP contribution in [0.25, 0.3) is 22.6 Å². The molecule has 0 amide bonds. The lowest BCUT2D eigenvalue weighted by atomic mass is 10.1. The highest BCUT2D eigenvalue weighted by Crippen LogP contribution is 2.33. The van der Waals surface area contributed by atoms with Crippen molar-refractivity contribution in [3.8, 4) is 22.6 Å². The molecule has 3 nitrogen and oxygen atoms in total. The van der Waals surface area contributed by atoms with Crippen LogP contribution in [0.3, 0.4) is 0 Å². The zero-order valence-corrected chi connectivity index (χ0v) is 15.3. The van der Waals surface area contributed by atoms with Gasteiger partial charge in [0.05, 0.1) is 0 Å². The lowest BCUT2D eigenvalue weighted by Gasteiger charge is -2.00. The molecule has 3 aromatic rings. The Hall–Kier alpha value is -2.94. The minimum atomic E-state index is 0.136. The highest BCUT2D eigenvalue weighted by atomic mass is 16.4. The van der Waals surface area contributed by atoms with Gasteiger partial charge >= 0.3 is 0 Å². The summed E-state index contributed by atoms with van der Waals surface area (Å²) in [5.41, 5.74) is 2.83. The zero-order chi connectivity index (χ0) is 18.5. The summed E-state index contributed by atoms with van der Waals surface area (Å²) in [5.74, 6) is 2.31. The summed E-state index contributed by atoms with van der Waals surface area (Å²) in [4.78, 5) is 16.8. The molecular formula is C24H23NO2. The van der Waals surface area contributed by atoms with Gasteiger partial charge in [0, 0.05) is 24.0 Å². The molecule has 0 saturated heterocycles. The third-order valence-corrected chi connectivity index (χ3v) is 4.81. The van der Waals surface area contributed by atoms with Crippen molar-refractivity contribution in [3.05, 3.63) is 78.7 Å². The minimum absolute atomic E-state index is 0.136. The van der Waals surface area contributed by atoms with Gasteiger partial charge in [-0.25, -0.2) is 4.98 Å². The first kappa shape index (κ1) is 17.5. The number of carbonyl (C=O) groups excluding carboxylic acids is 1. The molecule has 0 N–H and O–H groups in total. The van der Waals surface area contributed by atoms with Gasteiger partial charge < -0.3 is 4.42 Å². The van der Waals surface area contributed by atoms with Gasteiger partial charge in [0.2, 0.25) is 0 Å². The van der Waals surface area contributed by atoms with Crippen molar-refractivity contribution < 1.29 is 9.21 Å². The number of hydrogen-bond donors (Lipinski definition) is 0. The molecule has 0 spiro atoms. The predicted molar refractivity (Wildman–Crippen MR) is 107 cm³/mol. The van der Waals surface area contributed by atoms with Crippen molar-refractivity contribution in [3.63, 3.8) is 0 Å². The second-order valence-electron chi connectivity index (χ2n) is 7.07. The molecule has 0 aliphatic heterocycles. The maximum atomic E-state index is 12.1. The second-order valence-corrected chi connectivity index (χ2v) is 7.07. The van der Waals surface area contributed by atoms with E-state index in [0.717, 1.165) is 34.9 Å². The van der Waals surface area contributed by atoms with Crippen LogP contribution >= 0.6 is 0 Å². The molecule has 0 atom stereocenters. The zero-order valence-electron chi connectivity index (χ0n) is 15.3. The first-order valence-corrected chi connectivity index (χ1v) is 9.59. The summed E-state index contributed by atoms with van der Waals surface area (Å²) >= 11 is 0. The number of ketones is 1. The monoisotopic (exact) mass is 357 g/mol. The van der Waals surface area contributed by atoms with Crippen molar-refractivity contribution in [2.45, 2.75) is 32.1 Å². The van der Waals surface area contributed by atoms with Crippen LogP contribution in [0.1, 0.15) is 31.6 Å². The lowest BCUT2D eigenvalue weighted by molar-refractivity contribution is -0.114. The molecule has 1 fully saturated rings. The van der Waals surface area contributed by atoms with Gasteiger partial charge in [-0.05, 0) is 31.3 Å². The Kier molecular flexibility index (Phi) is 5.29. The van der Waals surface area contributed by atoms with Gasteiger partial charge in [-0.3, -0.25) is 4.79 Å². The predicted octanol–water partition coefficient (Wildman–Crippen LogP) is 5.87. The van der Waals surface area contributed by atoms with E-state index in [1.807, 2.05) is 66.7 Å². The van der Waals surface area contributed by atoms with Crippen LogP contribution in [-0.4, -0.2) is 10.8 Å². The number of benzene rings is 2. The molecule has 1 aromatic heterocycles. The molecule has 1 saturated carbocycles. The molecule has 4 rings (SSSR count). The topological polar surface area (TPSA) is 43.1 Å². The minimum Gasteiger partial charge on any atom is -0.440 e. The molecule has 1 heterocycles. The maximum absolute atomic E-state index is 12.1. The molecule has 2 aromatic carbocycles. The molecule has 27 heavy (non-hydrogen) atoms. The number of oxazole rings is 1. The number of rotatable bonds is 8. The van der Waals surface area contributed by atoms with E-state index >= 15 is 0 Å². The molecule has 0 bridgehead atoms. The Bertz CT molecular complexity index is 865. The summed E-state index contributed by atoms with van der Waals surface area (Å²) in [6, 6.07) is 20.0. The molecular weight excluding hydrogens is 334 g/mol. The lowest BCUT2D eigenvalue weighted by Crippen LogP contribution is -1.96. The number of allylic oxidation sites excluding steroid dienone is 2. The van der Waals surface area contributed by atoms with Crippen molar-refractivity contribution in [1.82, 2.24) is 4.98 Å². The van der Waals surface area contributed by atoms with Crippen LogP contribution in [0.2, 0.25) is 0 Å². The molecule has 1 aliphatic carbocycles. The van der Waals surface area contributed by atoms with Crippen molar-refractivity contribution in [2.24, 2.45) is 5.92 Å². The van der Waals surface area contributed by atoms with Crippen molar-refractivity contribution in [1.29, 1.82) is 0 Å². The summed E-state index contributed by atoms with van der Waals surface area (Å²) in [6.07, 6.45) is 8.31. The van der Waals surface area contributed by atoms with Crippen LogP contribution in [-0.2, 0) is 11.2 Å². The number of carbonyl (C=O) groups is 1. The number of aromatic nitrogens is 1. The first-order chi connectivity index (χ1) is 13.3. The molecule has 136 valence electrons. The molecule has 0 unspecified atom stereocenters. The Balaban J connectivity index is 1.52. The Labute approximate surface area is 159 Å². The number of aryl methyl sites for hydroxylation is 1. The van der Waals surface area contributed by atoms with Crippen LogP contribution in [0.4, 0.5) is 0 Å². The van der Waals surface area contributed by atoms with Gasteiger partial charge in [0.15, 0.2) is 17.4 Å². The highest BCUT2D eigenvalue weighted by molar-refractivity contribution is 5.89. The summed E-state index contributed by atoms with van der Waals surface area (Å²) < 4.78 is 6.07. The van der Waals surface area contributed by atoms with Crippen molar-refractivity contribution >= 4 is 5.78 Å². The van der Waals surface area contributed by atoms with E-state index in [0.29, 0.717) is 18.7 Å². The SMILES string of the molecule is O=C(/C=C/CC1CC1)CCc1nc(-c2ccccc2)c(-c2ccccc2)o1. The molecule has 0 radical (unpaired) electrons. The van der Waals surface area contributed by atoms with Crippen LogP contribution in [0.5, 0.6) is 0 Å². The van der Waals surface area contributed by atoms with Crippen LogP contribution in [0, 0.1) is 5.92 Å². The molecule has 1 aliphatic rings. The fourth-order valence-corrected chi connectivity index (χ4v) is 3.11. The highest BCUT2D eigenvalue weighted by Gasteiger charge is 2.19. The number of hydrogen-bond acceptors (Lipinski definition) is 3. The van der Waals surface area contributed by atoms with Crippen LogP contribution in [0.15, 0.2) is 77.2 Å². The van der Waals surface area contributed by atoms with E-state index in [2.05, 4.69) is 0 Å². The quantitative estimate of drug-likeness (QED) is 0.474. The van der Waals surface area contributed by atoms with Gasteiger partial charge in [0.25, 0.3) is 0 Å². The van der Waals surface area contributed by atoms with E-state index < -0.39 is 0 Å². The largest absolute Gasteiger partial charge is 0.440 e. The normalized spacial score (nSPS) is 13.9. The summed E-state index contributed by atoms with van der Waals surface area (Å²) in [6.45, 7) is 0. The van der Waals surface area contributed by atoms with E-state index in [4.69, 9.17) is 9.40 Å². The average Bonchev–Trinajstić information content (AvgIpc) is 3.44. The van der Waals surface area contributed by atoms with Crippen molar-refractivity contribution in [2.75, 3.05) is 0 Å². The second kappa shape index (κ2) is 8.17. The Morgan fingerprint density at radius 1 is 1.00 bits per heavy atom. The van der Waals surface area contributed by atoms with Gasteiger partial charge in [0.1, 0.15) is 5.69 Å². The van der Waals surface area contributed by atoms with E-state index in [1.165, 1.54) is 12.8 Å². The fourth-order valence-electron chi connectivity index (χ4n) is 3.11. The standard InChI is InChI=1S/C24H23NO2/c26-21(13-7-8-18-14-15-18)16-17-22-25-23(19-9-3-1-4-10-19)24(27-22)20-11-5-2-6-12-20/h1-7,9-13,18H,8,14-17H2/b13-7+. The third kappa shape index (κ3) is 4.62. The van der Waals surface area contributed by atoms with E-state index in [-0.39, 0.29) is 5.78 Å². The third-order valence-electron chi connectivity index (χ3n) is 4.81. The van der Waals surface area contributed by atoms with Crippen LogP contribution < -0.4 is 0 Å². The summed E-state index contributed by atoms with van der Waals surface area (Å²) in [7, 11) is 0. The van der Waals surface area contributed by atoms with Gasteiger partial charge in [-0.15, -0.1) is 0 Å². The Morgan fingerprint density at radius 2 is 1.67 bits per heavy atom. The first-order valence-electron chi connectivity index (χ1n) is 9.59. The van der Waals surface area contributed by atoms with Gasteiger partial charge in [-0.1, -0.05) is 66.7 Å². The maximum Gasteiger partial charge on any atom is 0.195 e. The molecule has 3 heteroatoms. The van der Waals surface area contributed by atoms with E-state index in [1.54, 1.807) is 6.08 Å².